The van der Waals surface area contributed by atoms with Crippen molar-refractivity contribution in [3.05, 3.63) is 54.5 Å². The number of methoxy groups -OCH3 is 2. The molecule has 0 atom stereocenters. The molecular weight excluding hydrogens is 392 g/mol. The number of nitrogens with zero attached hydrogens (tertiary/aromatic N) is 5. The number of fused-ring (bicyclic) bond motifs is 1. The van der Waals surface area contributed by atoms with Crippen molar-refractivity contribution in [1.82, 2.24) is 24.5 Å². The third-order valence-corrected chi connectivity index (χ3v) is 5.06. The molecule has 3 heterocycles. The van der Waals surface area contributed by atoms with Crippen molar-refractivity contribution < 1.29 is 9.47 Å². The molecular formula is C23H26N6O2. The molecule has 4 aromatic rings. The molecule has 0 aliphatic heterocycles. The van der Waals surface area contributed by atoms with Crippen LogP contribution in [0.1, 0.15) is 25.5 Å². The van der Waals surface area contributed by atoms with E-state index >= 15 is 0 Å². The second kappa shape index (κ2) is 8.99. The van der Waals surface area contributed by atoms with Crippen LogP contribution in [0, 0.1) is 0 Å². The van der Waals surface area contributed by atoms with Gasteiger partial charge in [-0.25, -0.2) is 19.9 Å². The fourth-order valence-electron chi connectivity index (χ4n) is 3.48. The molecule has 0 saturated carbocycles. The molecule has 3 aromatic heterocycles. The Morgan fingerprint density at radius 1 is 0.968 bits per heavy atom. The van der Waals surface area contributed by atoms with E-state index in [1.165, 1.54) is 5.56 Å². The number of anilines is 1. The Morgan fingerprint density at radius 2 is 1.77 bits per heavy atom. The molecule has 31 heavy (non-hydrogen) atoms. The Morgan fingerprint density at radius 3 is 2.42 bits per heavy atom. The topological polar surface area (TPSA) is 87.0 Å². The lowest BCUT2D eigenvalue weighted by molar-refractivity contribution is 0.398. The number of aromatic nitrogens is 5. The van der Waals surface area contributed by atoms with E-state index in [9.17, 15) is 0 Å². The van der Waals surface area contributed by atoms with Crippen molar-refractivity contribution in [2.75, 3.05) is 26.1 Å². The number of hydrogen-bond acceptors (Lipinski definition) is 7. The first-order valence-corrected chi connectivity index (χ1v) is 10.2. The highest BCUT2D eigenvalue weighted by Crippen LogP contribution is 2.30. The van der Waals surface area contributed by atoms with E-state index in [0.29, 0.717) is 5.88 Å². The van der Waals surface area contributed by atoms with E-state index in [2.05, 4.69) is 50.8 Å². The van der Waals surface area contributed by atoms with Gasteiger partial charge in [0.25, 0.3) is 0 Å². The Labute approximate surface area is 181 Å². The van der Waals surface area contributed by atoms with Crippen molar-refractivity contribution in [2.24, 2.45) is 0 Å². The maximum Gasteiger partial charge on any atom is 0.212 e. The predicted molar refractivity (Wildman–Crippen MR) is 121 cm³/mol. The molecule has 0 unspecified atom stereocenters. The fourth-order valence-corrected chi connectivity index (χ4v) is 3.48. The standard InChI is InChI=1S/C23H26N6O2/c1-15(2)29-22(17-7-10-19(31-4)25-13-17)28-20-21(26-14-27-23(20)29)24-12-11-16-5-8-18(30-3)9-6-16/h5-10,13-15H,11-12H2,1-4H3,(H,24,26,27). The van der Waals surface area contributed by atoms with Gasteiger partial charge < -0.3 is 19.4 Å². The number of pyridine rings is 1. The predicted octanol–water partition coefficient (Wildman–Crippen LogP) is 4.14. The summed E-state index contributed by atoms with van der Waals surface area (Å²) in [7, 11) is 3.27. The van der Waals surface area contributed by atoms with Gasteiger partial charge in [-0.3, -0.25) is 0 Å². The lowest BCUT2D eigenvalue weighted by atomic mass is 10.1. The molecule has 8 heteroatoms. The molecule has 0 spiro atoms. The Balaban J connectivity index is 1.62. The van der Waals surface area contributed by atoms with Crippen LogP contribution in [0.15, 0.2) is 48.9 Å². The summed E-state index contributed by atoms with van der Waals surface area (Å²) in [6.45, 7) is 4.95. The molecule has 4 rings (SSSR count). The quantitative estimate of drug-likeness (QED) is 0.460. The lowest BCUT2D eigenvalue weighted by Gasteiger charge is -2.12. The molecule has 0 aliphatic rings. The van der Waals surface area contributed by atoms with E-state index in [1.54, 1.807) is 26.7 Å². The molecule has 8 nitrogen and oxygen atoms in total. The molecule has 0 radical (unpaired) electrons. The van der Waals surface area contributed by atoms with Gasteiger partial charge in [0.05, 0.1) is 14.2 Å². The van der Waals surface area contributed by atoms with Crippen molar-refractivity contribution in [3.8, 4) is 23.0 Å². The van der Waals surface area contributed by atoms with E-state index in [1.807, 2.05) is 24.3 Å². The van der Waals surface area contributed by atoms with Gasteiger partial charge in [0.2, 0.25) is 5.88 Å². The van der Waals surface area contributed by atoms with Crippen LogP contribution in [0.2, 0.25) is 0 Å². The Kier molecular flexibility index (Phi) is 5.97. The largest absolute Gasteiger partial charge is 0.497 e. The monoisotopic (exact) mass is 418 g/mol. The summed E-state index contributed by atoms with van der Waals surface area (Å²) in [4.78, 5) is 18.2. The number of ether oxygens (including phenoxy) is 2. The van der Waals surface area contributed by atoms with Gasteiger partial charge in [-0.05, 0) is 44.0 Å². The maximum absolute atomic E-state index is 5.22. The average Bonchev–Trinajstić information content (AvgIpc) is 3.20. The highest BCUT2D eigenvalue weighted by Gasteiger charge is 2.19. The summed E-state index contributed by atoms with van der Waals surface area (Å²) in [5.74, 6) is 2.95. The lowest BCUT2D eigenvalue weighted by Crippen LogP contribution is -2.08. The molecule has 0 fully saturated rings. The van der Waals surface area contributed by atoms with Crippen LogP contribution < -0.4 is 14.8 Å². The van der Waals surface area contributed by atoms with E-state index in [-0.39, 0.29) is 6.04 Å². The van der Waals surface area contributed by atoms with Crippen LogP contribution in [0.3, 0.4) is 0 Å². The highest BCUT2D eigenvalue weighted by atomic mass is 16.5. The third-order valence-electron chi connectivity index (χ3n) is 5.06. The summed E-state index contributed by atoms with van der Waals surface area (Å²) >= 11 is 0. The summed E-state index contributed by atoms with van der Waals surface area (Å²) in [5, 5.41) is 3.42. The molecule has 160 valence electrons. The van der Waals surface area contributed by atoms with Gasteiger partial charge in [0, 0.05) is 30.4 Å². The second-order valence-corrected chi connectivity index (χ2v) is 7.41. The van der Waals surface area contributed by atoms with E-state index in [0.717, 1.165) is 47.1 Å². The molecule has 1 aromatic carbocycles. The summed E-state index contributed by atoms with van der Waals surface area (Å²) in [6, 6.07) is 12.0. The number of imidazole rings is 1. The van der Waals surface area contributed by atoms with Crippen molar-refractivity contribution in [1.29, 1.82) is 0 Å². The van der Waals surface area contributed by atoms with Gasteiger partial charge in [0.15, 0.2) is 17.0 Å². The second-order valence-electron chi connectivity index (χ2n) is 7.41. The van der Waals surface area contributed by atoms with Gasteiger partial charge in [-0.2, -0.15) is 0 Å². The number of rotatable bonds is 8. The van der Waals surface area contributed by atoms with Crippen molar-refractivity contribution in [3.63, 3.8) is 0 Å². The minimum absolute atomic E-state index is 0.171. The first-order valence-electron chi connectivity index (χ1n) is 10.2. The zero-order valence-electron chi connectivity index (χ0n) is 18.2. The molecule has 0 aliphatic carbocycles. The van der Waals surface area contributed by atoms with Crippen LogP contribution in [0.5, 0.6) is 11.6 Å². The van der Waals surface area contributed by atoms with Crippen LogP contribution in [0.4, 0.5) is 5.82 Å². The van der Waals surface area contributed by atoms with Gasteiger partial charge in [-0.15, -0.1) is 0 Å². The highest BCUT2D eigenvalue weighted by molar-refractivity contribution is 5.86. The van der Waals surface area contributed by atoms with Crippen LogP contribution in [-0.2, 0) is 6.42 Å². The maximum atomic E-state index is 5.22. The van der Waals surface area contributed by atoms with Crippen molar-refractivity contribution in [2.45, 2.75) is 26.3 Å². The number of hydrogen-bond donors (Lipinski definition) is 1. The SMILES string of the molecule is COc1ccc(CCNc2ncnc3c2nc(-c2ccc(OC)nc2)n3C(C)C)cc1. The van der Waals surface area contributed by atoms with Crippen molar-refractivity contribution >= 4 is 17.0 Å². The van der Waals surface area contributed by atoms with Gasteiger partial charge in [-0.1, -0.05) is 12.1 Å². The average molecular weight is 419 g/mol. The smallest absolute Gasteiger partial charge is 0.212 e. The molecule has 0 bridgehead atoms. The molecule has 0 saturated heterocycles. The summed E-state index contributed by atoms with van der Waals surface area (Å²) in [5.41, 5.74) is 3.66. The van der Waals surface area contributed by atoms with Gasteiger partial charge in [0.1, 0.15) is 17.9 Å². The molecule has 1 N–H and O–H groups in total. The van der Waals surface area contributed by atoms with Crippen LogP contribution >= 0.6 is 0 Å². The first-order chi connectivity index (χ1) is 15.1. The minimum Gasteiger partial charge on any atom is -0.497 e. The number of benzene rings is 1. The van der Waals surface area contributed by atoms with E-state index < -0.39 is 0 Å². The van der Waals surface area contributed by atoms with E-state index in [4.69, 9.17) is 14.5 Å². The summed E-state index contributed by atoms with van der Waals surface area (Å²) < 4.78 is 12.5. The molecule has 0 amide bonds. The number of nitrogens with one attached hydrogen (secondary N) is 1. The first kappa shape index (κ1) is 20.6. The zero-order valence-corrected chi connectivity index (χ0v) is 18.2. The Bertz CT molecular complexity index is 1150. The van der Waals surface area contributed by atoms with Crippen LogP contribution in [0.25, 0.3) is 22.6 Å². The van der Waals surface area contributed by atoms with Crippen LogP contribution in [-0.4, -0.2) is 45.3 Å². The Hall–Kier alpha value is -3.68. The fraction of sp³-hybridized carbons (Fsp3) is 0.304. The zero-order chi connectivity index (χ0) is 21.8. The van der Waals surface area contributed by atoms with Gasteiger partial charge >= 0.3 is 0 Å². The third kappa shape index (κ3) is 4.28. The minimum atomic E-state index is 0.171. The summed E-state index contributed by atoms with van der Waals surface area (Å²) in [6.07, 6.45) is 4.20. The normalized spacial score (nSPS) is 11.1.